The summed E-state index contributed by atoms with van der Waals surface area (Å²) in [5, 5.41) is 4.10. The highest BCUT2D eigenvalue weighted by atomic mass is 127. The molecule has 96 valence electrons. The Morgan fingerprint density at radius 3 is 2.72 bits per heavy atom. The van der Waals surface area contributed by atoms with Crippen LogP contribution in [-0.2, 0) is 0 Å². The quantitative estimate of drug-likeness (QED) is 0.783. The summed E-state index contributed by atoms with van der Waals surface area (Å²) >= 11 is 8.22. The van der Waals surface area contributed by atoms with Crippen LogP contribution >= 0.6 is 34.2 Å². The highest BCUT2D eigenvalue weighted by Crippen LogP contribution is 2.26. The summed E-state index contributed by atoms with van der Waals surface area (Å²) in [6.07, 6.45) is 2.05. The first-order valence-electron chi connectivity index (χ1n) is 5.75. The van der Waals surface area contributed by atoms with E-state index in [0.717, 1.165) is 25.9 Å². The molecule has 0 atom stereocenters. The van der Waals surface area contributed by atoms with Gasteiger partial charge in [0.15, 0.2) is 0 Å². The first-order valence-corrected chi connectivity index (χ1v) is 7.20. The third-order valence-electron chi connectivity index (χ3n) is 2.59. The van der Waals surface area contributed by atoms with Crippen LogP contribution < -0.4 is 5.32 Å². The smallest absolute Gasteiger partial charge is 0.207 e. The molecule has 0 saturated carbocycles. The predicted molar refractivity (Wildman–Crippen MR) is 84.8 cm³/mol. The van der Waals surface area contributed by atoms with Crippen molar-refractivity contribution in [3.05, 3.63) is 38.7 Å². The van der Waals surface area contributed by atoms with E-state index >= 15 is 0 Å². The Hall–Kier alpha value is -0.750. The lowest BCUT2D eigenvalue weighted by molar-refractivity contribution is 0.607. The molecule has 0 aliphatic rings. The summed E-state index contributed by atoms with van der Waals surface area (Å²) in [7, 11) is 0. The number of aromatic nitrogens is 2. The number of nitrogens with one attached hydrogen (secondary N) is 1. The van der Waals surface area contributed by atoms with E-state index in [-0.39, 0.29) is 0 Å². The zero-order chi connectivity index (χ0) is 13.3. The zero-order valence-corrected chi connectivity index (χ0v) is 13.5. The van der Waals surface area contributed by atoms with E-state index in [4.69, 9.17) is 11.6 Å². The van der Waals surface area contributed by atoms with Crippen LogP contribution in [-0.4, -0.2) is 9.55 Å². The minimum atomic E-state index is 0.374. The third-order valence-corrected chi connectivity index (χ3v) is 3.71. The summed E-state index contributed by atoms with van der Waals surface area (Å²) in [5.74, 6) is 0.864. The van der Waals surface area contributed by atoms with Crippen LogP contribution in [0.2, 0.25) is 5.02 Å². The Bertz CT molecular complexity index is 563. The molecule has 1 N–H and O–H groups in total. The molecule has 0 amide bonds. The predicted octanol–water partition coefficient (Wildman–Crippen LogP) is 4.77. The van der Waals surface area contributed by atoms with Gasteiger partial charge in [-0.1, -0.05) is 11.6 Å². The number of imidazole rings is 1. The van der Waals surface area contributed by atoms with E-state index in [0.29, 0.717) is 6.04 Å². The topological polar surface area (TPSA) is 29.9 Å². The van der Waals surface area contributed by atoms with Crippen molar-refractivity contribution in [3.8, 4) is 0 Å². The average Bonchev–Trinajstić information content (AvgIpc) is 2.64. The lowest BCUT2D eigenvalue weighted by Gasteiger charge is -2.13. The molecule has 1 heterocycles. The molecule has 2 aromatic rings. The molecule has 5 heteroatoms. The number of anilines is 2. The van der Waals surface area contributed by atoms with Crippen molar-refractivity contribution in [2.45, 2.75) is 26.8 Å². The Kier molecular flexibility index (Phi) is 4.17. The van der Waals surface area contributed by atoms with Gasteiger partial charge in [0.2, 0.25) is 5.95 Å². The molecule has 1 aromatic carbocycles. The van der Waals surface area contributed by atoms with Crippen LogP contribution in [0.1, 0.15) is 25.6 Å². The van der Waals surface area contributed by atoms with Crippen LogP contribution in [0.15, 0.2) is 24.4 Å². The van der Waals surface area contributed by atoms with Crippen molar-refractivity contribution >= 4 is 45.8 Å². The third kappa shape index (κ3) is 2.98. The van der Waals surface area contributed by atoms with Gasteiger partial charge in [-0.2, -0.15) is 0 Å². The van der Waals surface area contributed by atoms with Crippen molar-refractivity contribution in [1.29, 1.82) is 0 Å². The van der Waals surface area contributed by atoms with Crippen LogP contribution in [0.3, 0.4) is 0 Å². The summed E-state index contributed by atoms with van der Waals surface area (Å²) in [4.78, 5) is 4.51. The summed E-state index contributed by atoms with van der Waals surface area (Å²) in [6.45, 7) is 6.27. The summed E-state index contributed by atoms with van der Waals surface area (Å²) in [5.41, 5.74) is 2.03. The fourth-order valence-electron chi connectivity index (χ4n) is 1.71. The van der Waals surface area contributed by atoms with Crippen LogP contribution in [0.5, 0.6) is 0 Å². The molecule has 0 spiro atoms. The molecule has 18 heavy (non-hydrogen) atoms. The zero-order valence-electron chi connectivity index (χ0n) is 10.5. The first kappa shape index (κ1) is 13.7. The Morgan fingerprint density at radius 1 is 1.39 bits per heavy atom. The molecule has 0 bridgehead atoms. The number of halogens is 2. The van der Waals surface area contributed by atoms with Crippen LogP contribution in [0.25, 0.3) is 0 Å². The van der Waals surface area contributed by atoms with E-state index in [9.17, 15) is 0 Å². The molecule has 0 radical (unpaired) electrons. The maximum Gasteiger partial charge on any atom is 0.207 e. The number of rotatable bonds is 3. The average molecular weight is 376 g/mol. The Morgan fingerprint density at radius 2 is 2.11 bits per heavy atom. The van der Waals surface area contributed by atoms with Gasteiger partial charge in [-0.05, 0) is 61.6 Å². The fourth-order valence-corrected chi connectivity index (χ4v) is 2.72. The molecule has 2 rings (SSSR count). The minimum Gasteiger partial charge on any atom is -0.325 e. The van der Waals surface area contributed by atoms with Crippen LogP contribution in [0.4, 0.5) is 11.6 Å². The normalized spacial score (nSPS) is 11.0. The van der Waals surface area contributed by atoms with Crippen molar-refractivity contribution < 1.29 is 0 Å². The minimum absolute atomic E-state index is 0.374. The second-order valence-electron chi connectivity index (χ2n) is 4.46. The first-order chi connectivity index (χ1) is 8.47. The van der Waals surface area contributed by atoms with E-state index in [1.165, 1.54) is 0 Å². The van der Waals surface area contributed by atoms with Gasteiger partial charge in [-0.15, -0.1) is 0 Å². The van der Waals surface area contributed by atoms with Gasteiger partial charge in [-0.3, -0.25) is 0 Å². The second-order valence-corrected chi connectivity index (χ2v) is 6.05. The van der Waals surface area contributed by atoms with Crippen molar-refractivity contribution in [3.63, 3.8) is 0 Å². The Labute approximate surface area is 126 Å². The van der Waals surface area contributed by atoms with Gasteiger partial charge in [0.05, 0.1) is 11.4 Å². The SMILES string of the molecule is Cc1cn(C(C)C)c(Nc2ccc(Cl)cc2I)n1. The molecule has 0 unspecified atom stereocenters. The van der Waals surface area contributed by atoms with Crippen molar-refractivity contribution in [1.82, 2.24) is 9.55 Å². The maximum atomic E-state index is 5.95. The van der Waals surface area contributed by atoms with Gasteiger partial charge in [0, 0.05) is 20.8 Å². The van der Waals surface area contributed by atoms with E-state index < -0.39 is 0 Å². The monoisotopic (exact) mass is 375 g/mol. The maximum absolute atomic E-state index is 5.95. The summed E-state index contributed by atoms with van der Waals surface area (Å²) in [6, 6.07) is 6.15. The number of aryl methyl sites for hydroxylation is 1. The number of nitrogens with zero attached hydrogens (tertiary/aromatic N) is 2. The van der Waals surface area contributed by atoms with Gasteiger partial charge in [-0.25, -0.2) is 4.98 Å². The molecule has 0 fully saturated rings. The van der Waals surface area contributed by atoms with Crippen molar-refractivity contribution in [2.75, 3.05) is 5.32 Å². The lowest BCUT2D eigenvalue weighted by atomic mass is 10.3. The molecule has 1 aromatic heterocycles. The standard InChI is InChI=1S/C13H15ClIN3/c1-8(2)18-7-9(3)16-13(18)17-12-5-4-10(14)6-11(12)15/h4-8H,1-3H3,(H,16,17). The molecule has 0 aliphatic carbocycles. The molecular weight excluding hydrogens is 361 g/mol. The summed E-state index contributed by atoms with van der Waals surface area (Å²) < 4.78 is 3.20. The number of hydrogen-bond donors (Lipinski definition) is 1. The van der Waals surface area contributed by atoms with Crippen molar-refractivity contribution in [2.24, 2.45) is 0 Å². The highest BCUT2D eigenvalue weighted by molar-refractivity contribution is 14.1. The van der Waals surface area contributed by atoms with Crippen LogP contribution in [0, 0.1) is 10.5 Å². The molecular formula is C13H15ClIN3. The van der Waals surface area contributed by atoms with Gasteiger partial charge in [0.1, 0.15) is 0 Å². The largest absolute Gasteiger partial charge is 0.325 e. The van der Waals surface area contributed by atoms with E-state index in [1.807, 2.05) is 25.1 Å². The highest BCUT2D eigenvalue weighted by Gasteiger charge is 2.10. The fraction of sp³-hybridized carbons (Fsp3) is 0.308. The lowest BCUT2D eigenvalue weighted by Crippen LogP contribution is -2.05. The van der Waals surface area contributed by atoms with E-state index in [2.05, 4.69) is 57.5 Å². The van der Waals surface area contributed by atoms with Gasteiger partial charge in [0.25, 0.3) is 0 Å². The van der Waals surface area contributed by atoms with Gasteiger partial charge < -0.3 is 9.88 Å². The number of benzene rings is 1. The second kappa shape index (κ2) is 5.48. The molecule has 0 saturated heterocycles. The number of hydrogen-bond acceptors (Lipinski definition) is 2. The van der Waals surface area contributed by atoms with E-state index in [1.54, 1.807) is 0 Å². The Balaban J connectivity index is 2.33. The molecule has 3 nitrogen and oxygen atoms in total. The molecule has 0 aliphatic heterocycles. The van der Waals surface area contributed by atoms with Gasteiger partial charge >= 0.3 is 0 Å².